The number of hydrogen-bond acceptors (Lipinski definition) is 5. The number of nitrogens with zero attached hydrogens (tertiary/aromatic N) is 4. The Hall–Kier alpha value is -1.47. The van der Waals surface area contributed by atoms with Crippen molar-refractivity contribution in [2.75, 3.05) is 32.8 Å². The molecule has 7 nitrogen and oxygen atoms in total. The van der Waals surface area contributed by atoms with E-state index in [0.29, 0.717) is 19.1 Å². The maximum atomic E-state index is 12.0. The van der Waals surface area contributed by atoms with Crippen molar-refractivity contribution in [1.82, 2.24) is 25.0 Å². The first-order valence-electron chi connectivity index (χ1n) is 9.16. The van der Waals surface area contributed by atoms with Crippen LogP contribution in [0.2, 0.25) is 0 Å². The molecule has 7 heteroatoms. The molecule has 3 rings (SSSR count). The number of carbonyl (C=O) groups excluding carboxylic acids is 1. The van der Waals surface area contributed by atoms with Gasteiger partial charge in [0.25, 0.3) is 0 Å². The highest BCUT2D eigenvalue weighted by Gasteiger charge is 2.23. The lowest BCUT2D eigenvalue weighted by molar-refractivity contribution is -0.130. The van der Waals surface area contributed by atoms with E-state index in [1.165, 1.54) is 0 Å². The molecular formula is C17H29N5O2. The molecule has 0 aliphatic carbocycles. The maximum absolute atomic E-state index is 12.0. The van der Waals surface area contributed by atoms with E-state index in [9.17, 15) is 4.79 Å². The molecule has 0 radical (unpaired) electrons. The largest absolute Gasteiger partial charge is 0.368 e. The van der Waals surface area contributed by atoms with E-state index < -0.39 is 0 Å². The number of hydrogen-bond donors (Lipinski definition) is 1. The molecule has 1 saturated heterocycles. The van der Waals surface area contributed by atoms with Gasteiger partial charge in [0.15, 0.2) is 0 Å². The summed E-state index contributed by atoms with van der Waals surface area (Å²) in [5.74, 6) is 2.73. The third-order valence-corrected chi connectivity index (χ3v) is 4.69. The summed E-state index contributed by atoms with van der Waals surface area (Å²) in [6, 6.07) is 0. The van der Waals surface area contributed by atoms with Crippen molar-refractivity contribution in [1.29, 1.82) is 0 Å². The van der Waals surface area contributed by atoms with Gasteiger partial charge in [-0.25, -0.2) is 0 Å². The predicted octanol–water partition coefficient (Wildman–Crippen LogP) is 0.630. The highest BCUT2D eigenvalue weighted by molar-refractivity contribution is 5.80. The summed E-state index contributed by atoms with van der Waals surface area (Å²) in [5.41, 5.74) is 0. The maximum Gasteiger partial charge on any atom is 0.249 e. The van der Waals surface area contributed by atoms with Gasteiger partial charge in [-0.15, -0.1) is 10.2 Å². The Morgan fingerprint density at radius 2 is 2.21 bits per heavy atom. The number of ether oxygens (including phenoxy) is 1. The lowest BCUT2D eigenvalue weighted by Crippen LogP contribution is -2.35. The second-order valence-electron chi connectivity index (χ2n) is 7.17. The second kappa shape index (κ2) is 8.07. The Balaban J connectivity index is 1.50. The topological polar surface area (TPSA) is 72.3 Å². The van der Waals surface area contributed by atoms with Crippen LogP contribution in [0.3, 0.4) is 0 Å². The van der Waals surface area contributed by atoms with E-state index in [-0.39, 0.29) is 12.0 Å². The van der Waals surface area contributed by atoms with Crippen molar-refractivity contribution in [2.45, 2.75) is 52.2 Å². The van der Waals surface area contributed by atoms with Crippen LogP contribution in [0.5, 0.6) is 0 Å². The van der Waals surface area contributed by atoms with E-state index in [4.69, 9.17) is 4.74 Å². The molecule has 1 amide bonds. The molecular weight excluding hydrogens is 306 g/mol. The fourth-order valence-electron chi connectivity index (χ4n) is 3.51. The standard InChI is InChI=1S/C17H29N5O2/c1-13(2)12-21-8-6-16-20-19-15(22(16)10-9-21)5-7-18-17(23)14-4-3-11-24-14/h13-14H,3-12H2,1-2H3,(H,18,23). The van der Waals surface area contributed by atoms with Gasteiger partial charge in [0.2, 0.25) is 5.91 Å². The van der Waals surface area contributed by atoms with Crippen LogP contribution in [-0.2, 0) is 28.9 Å². The number of aromatic nitrogens is 3. The molecule has 1 aromatic heterocycles. The minimum atomic E-state index is -0.259. The molecule has 0 aromatic carbocycles. The fraction of sp³-hybridized carbons (Fsp3) is 0.824. The van der Waals surface area contributed by atoms with Crippen LogP contribution in [0.1, 0.15) is 38.3 Å². The van der Waals surface area contributed by atoms with Crippen molar-refractivity contribution >= 4 is 5.91 Å². The van der Waals surface area contributed by atoms with Gasteiger partial charge < -0.3 is 19.5 Å². The number of carbonyl (C=O) groups is 1. The summed E-state index contributed by atoms with van der Waals surface area (Å²) in [7, 11) is 0. The Kier molecular flexibility index (Phi) is 5.84. The molecule has 1 atom stereocenters. The second-order valence-corrected chi connectivity index (χ2v) is 7.17. The van der Waals surface area contributed by atoms with Gasteiger partial charge in [0.1, 0.15) is 17.8 Å². The van der Waals surface area contributed by atoms with E-state index in [2.05, 4.69) is 38.8 Å². The van der Waals surface area contributed by atoms with Crippen molar-refractivity contribution in [2.24, 2.45) is 5.92 Å². The summed E-state index contributed by atoms with van der Waals surface area (Å²) in [6.45, 7) is 9.95. The van der Waals surface area contributed by atoms with Crippen LogP contribution in [0.4, 0.5) is 0 Å². The average Bonchev–Trinajstić information content (AvgIpc) is 3.16. The summed E-state index contributed by atoms with van der Waals surface area (Å²) >= 11 is 0. The van der Waals surface area contributed by atoms with Crippen molar-refractivity contribution in [3.63, 3.8) is 0 Å². The molecule has 3 heterocycles. The summed E-state index contributed by atoms with van der Waals surface area (Å²) in [4.78, 5) is 14.5. The normalized spacial score (nSPS) is 21.7. The van der Waals surface area contributed by atoms with Gasteiger partial charge in [-0.1, -0.05) is 13.8 Å². The van der Waals surface area contributed by atoms with Crippen molar-refractivity contribution in [3.05, 3.63) is 11.6 Å². The van der Waals surface area contributed by atoms with Crippen LogP contribution in [0.15, 0.2) is 0 Å². The van der Waals surface area contributed by atoms with Gasteiger partial charge in [-0.3, -0.25) is 4.79 Å². The Morgan fingerprint density at radius 1 is 1.33 bits per heavy atom. The Morgan fingerprint density at radius 3 is 2.96 bits per heavy atom. The first kappa shape index (κ1) is 17.4. The number of rotatable bonds is 6. The van der Waals surface area contributed by atoms with Crippen molar-refractivity contribution < 1.29 is 9.53 Å². The smallest absolute Gasteiger partial charge is 0.249 e. The highest BCUT2D eigenvalue weighted by atomic mass is 16.5. The summed E-state index contributed by atoms with van der Waals surface area (Å²) < 4.78 is 7.64. The quantitative estimate of drug-likeness (QED) is 0.825. The predicted molar refractivity (Wildman–Crippen MR) is 90.7 cm³/mol. The first-order valence-corrected chi connectivity index (χ1v) is 9.16. The Labute approximate surface area is 143 Å². The average molecular weight is 335 g/mol. The van der Waals surface area contributed by atoms with E-state index in [1.54, 1.807) is 0 Å². The monoisotopic (exact) mass is 335 g/mol. The minimum absolute atomic E-state index is 0.00575. The SMILES string of the molecule is CC(C)CN1CCc2nnc(CCNC(=O)C3CCCO3)n2CC1. The molecule has 1 aromatic rings. The number of fused-ring (bicyclic) bond motifs is 1. The zero-order chi connectivity index (χ0) is 16.9. The number of amides is 1. The van der Waals surface area contributed by atoms with E-state index in [0.717, 1.165) is 63.5 Å². The molecule has 0 spiro atoms. The first-order chi connectivity index (χ1) is 11.6. The van der Waals surface area contributed by atoms with Crippen LogP contribution in [0, 0.1) is 5.92 Å². The zero-order valence-corrected chi connectivity index (χ0v) is 14.8. The molecule has 1 unspecified atom stereocenters. The zero-order valence-electron chi connectivity index (χ0n) is 14.8. The van der Waals surface area contributed by atoms with Crippen LogP contribution >= 0.6 is 0 Å². The molecule has 0 bridgehead atoms. The third kappa shape index (κ3) is 4.33. The molecule has 0 saturated carbocycles. The highest BCUT2D eigenvalue weighted by Crippen LogP contribution is 2.13. The van der Waals surface area contributed by atoms with Crippen LogP contribution in [-0.4, -0.2) is 64.5 Å². The fourth-order valence-corrected chi connectivity index (χ4v) is 3.51. The molecule has 1 N–H and O–H groups in total. The van der Waals surface area contributed by atoms with Crippen molar-refractivity contribution in [3.8, 4) is 0 Å². The van der Waals surface area contributed by atoms with Crippen LogP contribution in [0.25, 0.3) is 0 Å². The van der Waals surface area contributed by atoms with Gasteiger partial charge in [-0.2, -0.15) is 0 Å². The molecule has 24 heavy (non-hydrogen) atoms. The molecule has 134 valence electrons. The molecule has 1 fully saturated rings. The third-order valence-electron chi connectivity index (χ3n) is 4.69. The summed E-state index contributed by atoms with van der Waals surface area (Å²) in [5, 5.41) is 11.7. The lowest BCUT2D eigenvalue weighted by Gasteiger charge is -2.21. The van der Waals surface area contributed by atoms with E-state index in [1.807, 2.05) is 0 Å². The van der Waals surface area contributed by atoms with Gasteiger partial charge in [0, 0.05) is 52.2 Å². The lowest BCUT2D eigenvalue weighted by atomic mass is 10.2. The van der Waals surface area contributed by atoms with Gasteiger partial charge in [0.05, 0.1) is 0 Å². The summed E-state index contributed by atoms with van der Waals surface area (Å²) in [6.07, 6.45) is 3.21. The van der Waals surface area contributed by atoms with Gasteiger partial charge in [-0.05, 0) is 18.8 Å². The van der Waals surface area contributed by atoms with Gasteiger partial charge >= 0.3 is 0 Å². The molecule has 2 aliphatic heterocycles. The minimum Gasteiger partial charge on any atom is -0.368 e. The molecule has 2 aliphatic rings. The van der Waals surface area contributed by atoms with E-state index >= 15 is 0 Å². The number of nitrogens with one attached hydrogen (secondary N) is 1. The van der Waals surface area contributed by atoms with Crippen LogP contribution < -0.4 is 5.32 Å². The Bertz CT molecular complexity index is 551.